The Bertz CT molecular complexity index is 1070. The molecule has 160 valence electrons. The van der Waals surface area contributed by atoms with E-state index < -0.39 is 5.82 Å². The topological polar surface area (TPSA) is 107 Å². The van der Waals surface area contributed by atoms with Gasteiger partial charge in [-0.05, 0) is 31.4 Å². The lowest BCUT2D eigenvalue weighted by Gasteiger charge is -2.31. The third kappa shape index (κ3) is 4.67. The number of carbonyl (C=O) groups is 1. The van der Waals surface area contributed by atoms with E-state index in [-0.39, 0.29) is 42.1 Å². The average Bonchev–Trinajstić information content (AvgIpc) is 3.02. The van der Waals surface area contributed by atoms with Gasteiger partial charge in [-0.15, -0.1) is 5.10 Å². The van der Waals surface area contributed by atoms with Crippen LogP contribution in [0.5, 0.6) is 5.75 Å². The molecule has 0 fully saturated rings. The fourth-order valence-electron chi connectivity index (χ4n) is 3.13. The smallest absolute Gasteiger partial charge is 0.254 e. The Morgan fingerprint density at radius 1 is 1.27 bits per heavy atom. The molecule has 0 radical (unpaired) electrons. The van der Waals surface area contributed by atoms with E-state index in [1.165, 1.54) is 10.6 Å². The summed E-state index contributed by atoms with van der Waals surface area (Å²) in [5, 5.41) is 7.15. The molecule has 1 unspecified atom stereocenters. The Morgan fingerprint density at radius 2 is 1.97 bits per heavy atom. The van der Waals surface area contributed by atoms with Gasteiger partial charge in [-0.2, -0.15) is 9.50 Å². The van der Waals surface area contributed by atoms with Gasteiger partial charge in [0.05, 0.1) is 12.5 Å². The third-order valence-corrected chi connectivity index (χ3v) is 5.03. The molecule has 0 bridgehead atoms. The normalized spacial score (nSPS) is 12.7. The van der Waals surface area contributed by atoms with Crippen LogP contribution in [0.15, 0.2) is 24.3 Å². The molecule has 2 heterocycles. The number of aryl methyl sites for hydroxylation is 2. The van der Waals surface area contributed by atoms with Crippen molar-refractivity contribution >= 4 is 17.6 Å². The van der Waals surface area contributed by atoms with E-state index in [0.717, 1.165) is 11.3 Å². The molecule has 1 aromatic carbocycles. The number of ether oxygens (including phenoxy) is 1. The Balaban J connectivity index is 1.75. The number of benzene rings is 1. The highest BCUT2D eigenvalue weighted by atomic mass is 19.1. The molecule has 0 aliphatic heterocycles. The Hall–Kier alpha value is -3.23. The summed E-state index contributed by atoms with van der Waals surface area (Å²) in [7, 11) is 0. The molecule has 0 saturated carbocycles. The highest BCUT2D eigenvalue weighted by Crippen LogP contribution is 2.23. The molecular formula is C21H27FN6O2. The monoisotopic (exact) mass is 414 g/mol. The maximum absolute atomic E-state index is 13.9. The van der Waals surface area contributed by atoms with E-state index in [9.17, 15) is 9.18 Å². The number of fused-ring (bicyclic) bond motifs is 1. The number of para-hydroxylation sites is 1. The first-order valence-corrected chi connectivity index (χ1v) is 9.71. The predicted octanol–water partition coefficient (Wildman–Crippen LogP) is 2.61. The molecule has 1 amide bonds. The number of hydrogen-bond donors (Lipinski definition) is 2. The van der Waals surface area contributed by atoms with Gasteiger partial charge in [0, 0.05) is 17.0 Å². The number of rotatable bonds is 6. The molecule has 1 atom stereocenters. The van der Waals surface area contributed by atoms with E-state index in [4.69, 9.17) is 10.5 Å². The maximum atomic E-state index is 13.9. The second-order valence-electron chi connectivity index (χ2n) is 8.35. The highest BCUT2D eigenvalue weighted by Gasteiger charge is 2.28. The predicted molar refractivity (Wildman–Crippen MR) is 112 cm³/mol. The summed E-state index contributed by atoms with van der Waals surface area (Å²) < 4.78 is 21.0. The van der Waals surface area contributed by atoms with Crippen molar-refractivity contribution in [1.82, 2.24) is 24.9 Å². The van der Waals surface area contributed by atoms with Crippen LogP contribution in [0.25, 0.3) is 5.78 Å². The SMILES string of the molecule is Cc1nc2nc(N)nn2c(C)c1CC(=O)NC(COc1ccccc1F)C(C)(C)C. The number of amides is 1. The highest BCUT2D eigenvalue weighted by molar-refractivity contribution is 5.79. The summed E-state index contributed by atoms with van der Waals surface area (Å²) in [5.41, 5.74) is 7.57. The maximum Gasteiger partial charge on any atom is 0.254 e. The first-order valence-electron chi connectivity index (χ1n) is 9.71. The van der Waals surface area contributed by atoms with Gasteiger partial charge in [-0.1, -0.05) is 32.9 Å². The fraction of sp³-hybridized carbons (Fsp3) is 0.429. The second kappa shape index (κ2) is 8.25. The molecule has 3 N–H and O–H groups in total. The van der Waals surface area contributed by atoms with Crippen molar-refractivity contribution in [1.29, 1.82) is 0 Å². The van der Waals surface area contributed by atoms with Crippen molar-refractivity contribution < 1.29 is 13.9 Å². The van der Waals surface area contributed by atoms with Crippen LogP contribution in [0.2, 0.25) is 0 Å². The minimum Gasteiger partial charge on any atom is -0.488 e. The molecule has 9 heteroatoms. The number of nitrogens with two attached hydrogens (primary N) is 1. The number of nitrogen functional groups attached to an aromatic ring is 1. The van der Waals surface area contributed by atoms with Gasteiger partial charge >= 0.3 is 0 Å². The Morgan fingerprint density at radius 3 is 2.63 bits per heavy atom. The molecule has 0 aliphatic rings. The van der Waals surface area contributed by atoms with Crippen LogP contribution in [0.1, 0.15) is 37.7 Å². The van der Waals surface area contributed by atoms with Crippen LogP contribution in [0.4, 0.5) is 10.3 Å². The Labute approximate surface area is 174 Å². The molecule has 3 aromatic rings. The van der Waals surface area contributed by atoms with Crippen molar-refractivity contribution in [2.45, 2.75) is 47.1 Å². The van der Waals surface area contributed by atoms with Gasteiger partial charge in [-0.25, -0.2) is 9.37 Å². The van der Waals surface area contributed by atoms with Crippen LogP contribution >= 0.6 is 0 Å². The number of nitrogens with zero attached hydrogens (tertiary/aromatic N) is 4. The van der Waals surface area contributed by atoms with Gasteiger partial charge in [0.2, 0.25) is 11.9 Å². The summed E-state index contributed by atoms with van der Waals surface area (Å²) >= 11 is 0. The number of anilines is 1. The largest absolute Gasteiger partial charge is 0.488 e. The third-order valence-electron chi connectivity index (χ3n) is 5.03. The van der Waals surface area contributed by atoms with Gasteiger partial charge in [0.25, 0.3) is 5.78 Å². The summed E-state index contributed by atoms with van der Waals surface area (Å²) in [6, 6.07) is 5.88. The minimum absolute atomic E-state index is 0.118. The van der Waals surface area contributed by atoms with Crippen LogP contribution in [-0.4, -0.2) is 38.1 Å². The lowest BCUT2D eigenvalue weighted by molar-refractivity contribution is -0.122. The number of halogens is 1. The van der Waals surface area contributed by atoms with Crippen molar-refractivity contribution in [3.05, 3.63) is 47.0 Å². The molecule has 30 heavy (non-hydrogen) atoms. The standard InChI is InChI=1S/C21H27FN6O2/c1-12-14(13(2)28-20(24-12)26-19(23)27-28)10-18(29)25-17(21(3,4)5)11-30-16-9-7-6-8-15(16)22/h6-9,17H,10-11H2,1-5H3,(H2,23,27)(H,25,29). The molecule has 0 aliphatic carbocycles. The number of nitrogens with one attached hydrogen (secondary N) is 1. The van der Waals surface area contributed by atoms with Crippen LogP contribution in [0.3, 0.4) is 0 Å². The van der Waals surface area contributed by atoms with Crippen molar-refractivity contribution in [3.8, 4) is 5.75 Å². The zero-order valence-corrected chi connectivity index (χ0v) is 17.9. The van der Waals surface area contributed by atoms with Gasteiger partial charge in [0.15, 0.2) is 11.6 Å². The minimum atomic E-state index is -0.436. The zero-order valence-electron chi connectivity index (χ0n) is 17.9. The lowest BCUT2D eigenvalue weighted by atomic mass is 9.87. The van der Waals surface area contributed by atoms with Crippen LogP contribution < -0.4 is 15.8 Å². The number of aromatic nitrogens is 4. The molecule has 2 aromatic heterocycles. The Kier molecular flexibility index (Phi) is 5.91. The van der Waals surface area contributed by atoms with E-state index in [0.29, 0.717) is 11.5 Å². The van der Waals surface area contributed by atoms with Crippen molar-refractivity contribution in [2.24, 2.45) is 5.41 Å². The second-order valence-corrected chi connectivity index (χ2v) is 8.35. The first kappa shape index (κ1) is 21.5. The quantitative estimate of drug-likeness (QED) is 0.642. The fourth-order valence-corrected chi connectivity index (χ4v) is 3.13. The van der Waals surface area contributed by atoms with Crippen LogP contribution in [0, 0.1) is 25.1 Å². The van der Waals surface area contributed by atoms with Crippen molar-refractivity contribution in [2.75, 3.05) is 12.3 Å². The lowest BCUT2D eigenvalue weighted by Crippen LogP contribution is -2.48. The molecule has 3 rings (SSSR count). The average molecular weight is 414 g/mol. The van der Waals surface area contributed by atoms with Crippen molar-refractivity contribution in [3.63, 3.8) is 0 Å². The molecule has 8 nitrogen and oxygen atoms in total. The van der Waals surface area contributed by atoms with Gasteiger partial charge < -0.3 is 15.8 Å². The van der Waals surface area contributed by atoms with Gasteiger partial charge in [-0.3, -0.25) is 4.79 Å². The molecule has 0 saturated heterocycles. The van der Waals surface area contributed by atoms with Gasteiger partial charge in [0.1, 0.15) is 6.61 Å². The summed E-state index contributed by atoms with van der Waals surface area (Å²) in [6.07, 6.45) is 0.118. The van der Waals surface area contributed by atoms with E-state index in [2.05, 4.69) is 20.4 Å². The number of hydrogen-bond acceptors (Lipinski definition) is 6. The first-order chi connectivity index (χ1) is 14.1. The summed E-state index contributed by atoms with van der Waals surface area (Å²) in [6.45, 7) is 9.79. The summed E-state index contributed by atoms with van der Waals surface area (Å²) in [4.78, 5) is 21.3. The zero-order chi connectivity index (χ0) is 22.1. The molecule has 0 spiro atoms. The summed E-state index contributed by atoms with van der Waals surface area (Å²) in [5.74, 6) is 0.0648. The van der Waals surface area contributed by atoms with E-state index in [1.807, 2.05) is 34.6 Å². The number of carbonyl (C=O) groups excluding carboxylic acids is 1. The van der Waals surface area contributed by atoms with E-state index >= 15 is 0 Å². The van der Waals surface area contributed by atoms with E-state index in [1.54, 1.807) is 18.2 Å². The van der Waals surface area contributed by atoms with Crippen LogP contribution in [-0.2, 0) is 11.2 Å². The molecular weight excluding hydrogens is 387 g/mol.